The number of nitrogens with one attached hydrogen (secondary N) is 1. The van der Waals surface area contributed by atoms with Crippen molar-refractivity contribution in [1.82, 2.24) is 25.3 Å². The van der Waals surface area contributed by atoms with E-state index in [1.807, 2.05) is 30.5 Å². The number of nitrogens with zero attached hydrogens (tertiary/aromatic N) is 7. The number of aliphatic imine (C=N–C) groups is 1. The number of hydrogen-bond acceptors (Lipinski definition) is 8. The minimum Gasteiger partial charge on any atom is -0.312 e. The molecular weight excluding hydrogens is 424 g/mol. The van der Waals surface area contributed by atoms with Crippen molar-refractivity contribution in [3.8, 4) is 34.6 Å². The van der Waals surface area contributed by atoms with Crippen LogP contribution in [0.3, 0.4) is 0 Å². The van der Waals surface area contributed by atoms with Crippen molar-refractivity contribution in [2.75, 3.05) is 0 Å². The molecule has 1 unspecified atom stereocenters. The molecule has 8 heteroatoms. The lowest BCUT2D eigenvalue weighted by molar-refractivity contribution is 0.760. The first-order valence-corrected chi connectivity index (χ1v) is 10.6. The summed E-state index contributed by atoms with van der Waals surface area (Å²) in [4.78, 5) is 21.9. The summed E-state index contributed by atoms with van der Waals surface area (Å²) in [6.07, 6.45) is 10.7. The van der Waals surface area contributed by atoms with Crippen molar-refractivity contribution in [3.63, 3.8) is 0 Å². The zero-order valence-electron chi connectivity index (χ0n) is 17.5. The van der Waals surface area contributed by atoms with Crippen LogP contribution in [0.25, 0.3) is 44.3 Å². The minimum atomic E-state index is -0.313. The van der Waals surface area contributed by atoms with E-state index in [1.165, 1.54) is 0 Å². The number of nitriles is 2. The molecule has 0 fully saturated rings. The standard InChI is InChI=1S/C26H12N8/c27-11-33-25-17-6-14-16-8-22-24(32-4-2-30-22)10-20(16)26(34-12-28)18(14)5-13(17)15-7-21-23(9-19(15)25)31-3-1-29-21/h1-10,25,33H. The van der Waals surface area contributed by atoms with Crippen LogP contribution in [0, 0.1) is 22.9 Å². The van der Waals surface area contributed by atoms with E-state index in [-0.39, 0.29) is 6.04 Å². The van der Waals surface area contributed by atoms with Crippen molar-refractivity contribution in [2.24, 2.45) is 4.99 Å². The van der Waals surface area contributed by atoms with E-state index in [4.69, 9.17) is 0 Å². The molecule has 0 amide bonds. The zero-order valence-corrected chi connectivity index (χ0v) is 17.5. The number of fused-ring (bicyclic) bond motifs is 8. The largest absolute Gasteiger partial charge is 0.312 e. The lowest BCUT2D eigenvalue weighted by Crippen LogP contribution is -2.14. The summed E-state index contributed by atoms with van der Waals surface area (Å²) in [5, 5.41) is 21.9. The van der Waals surface area contributed by atoms with Gasteiger partial charge < -0.3 is 5.32 Å². The lowest BCUT2D eigenvalue weighted by Gasteiger charge is -2.13. The molecule has 8 nitrogen and oxygen atoms in total. The second-order valence-electron chi connectivity index (χ2n) is 8.16. The molecule has 1 N–H and O–H groups in total. The van der Waals surface area contributed by atoms with Crippen LogP contribution < -0.4 is 5.32 Å². The molecule has 2 aliphatic rings. The fraction of sp³-hybridized carbons (Fsp3) is 0.0385. The molecule has 1 atom stereocenters. The summed E-state index contributed by atoms with van der Waals surface area (Å²) in [5.41, 5.74) is 11.2. The van der Waals surface area contributed by atoms with Crippen LogP contribution in [0.5, 0.6) is 0 Å². The maximum atomic E-state index is 9.51. The average Bonchev–Trinajstić information content (AvgIpc) is 3.32. The highest BCUT2D eigenvalue weighted by atomic mass is 14.9. The van der Waals surface area contributed by atoms with E-state index in [1.54, 1.807) is 24.8 Å². The van der Waals surface area contributed by atoms with E-state index in [2.05, 4.69) is 48.6 Å². The van der Waals surface area contributed by atoms with E-state index in [0.717, 1.165) is 66.6 Å². The van der Waals surface area contributed by atoms with E-state index < -0.39 is 0 Å². The van der Waals surface area contributed by atoms with Gasteiger partial charge in [-0.05, 0) is 69.8 Å². The van der Waals surface area contributed by atoms with Crippen molar-refractivity contribution in [1.29, 1.82) is 10.5 Å². The highest BCUT2D eigenvalue weighted by molar-refractivity contribution is 6.26. The van der Waals surface area contributed by atoms with Gasteiger partial charge in [-0.3, -0.25) is 19.9 Å². The highest BCUT2D eigenvalue weighted by Gasteiger charge is 2.34. The Balaban J connectivity index is 1.54. The van der Waals surface area contributed by atoms with Gasteiger partial charge in [0.05, 0.1) is 33.8 Å². The van der Waals surface area contributed by atoms with Gasteiger partial charge in [0.1, 0.15) is 0 Å². The van der Waals surface area contributed by atoms with Gasteiger partial charge in [0.15, 0.2) is 6.19 Å². The van der Waals surface area contributed by atoms with Gasteiger partial charge in [0.25, 0.3) is 0 Å². The summed E-state index contributed by atoms with van der Waals surface area (Å²) in [6.45, 7) is 0. The number of rotatable bonds is 1. The molecule has 0 spiro atoms. The predicted molar refractivity (Wildman–Crippen MR) is 125 cm³/mol. The number of hydrogen-bond donors (Lipinski definition) is 1. The summed E-state index contributed by atoms with van der Waals surface area (Å²) < 4.78 is 0. The van der Waals surface area contributed by atoms with Crippen LogP contribution in [-0.4, -0.2) is 25.6 Å². The summed E-state index contributed by atoms with van der Waals surface area (Å²) in [5.74, 6) is 0. The molecule has 34 heavy (non-hydrogen) atoms. The van der Waals surface area contributed by atoms with Crippen LogP contribution >= 0.6 is 0 Å². The molecule has 156 valence electrons. The fourth-order valence-electron chi connectivity index (χ4n) is 5.14. The maximum absolute atomic E-state index is 9.51. The molecule has 0 saturated heterocycles. The van der Waals surface area contributed by atoms with E-state index in [0.29, 0.717) is 5.71 Å². The molecule has 0 radical (unpaired) electrons. The lowest BCUT2D eigenvalue weighted by atomic mass is 9.96. The van der Waals surface area contributed by atoms with Gasteiger partial charge in [-0.25, -0.2) is 0 Å². The SMILES string of the molecule is N#CN=C1c2cc3c(cc2-c2cc4nccnc4cc21)C(NC#N)c1cc2nccnc2cc1-3. The maximum Gasteiger partial charge on any atom is 0.206 e. The normalized spacial score (nSPS) is 15.9. The minimum absolute atomic E-state index is 0.313. The highest BCUT2D eigenvalue weighted by Crippen LogP contribution is 2.49. The van der Waals surface area contributed by atoms with Crippen molar-refractivity contribution < 1.29 is 0 Å². The third-order valence-electron chi connectivity index (χ3n) is 6.52. The smallest absolute Gasteiger partial charge is 0.206 e. The Labute approximate surface area is 192 Å². The van der Waals surface area contributed by atoms with Gasteiger partial charge in [0.2, 0.25) is 6.19 Å². The number of aromatic nitrogens is 4. The van der Waals surface area contributed by atoms with Crippen LogP contribution in [0.15, 0.2) is 66.2 Å². The first-order valence-electron chi connectivity index (χ1n) is 10.6. The quantitative estimate of drug-likeness (QED) is 0.305. The van der Waals surface area contributed by atoms with Gasteiger partial charge in [0, 0.05) is 35.9 Å². The van der Waals surface area contributed by atoms with Gasteiger partial charge >= 0.3 is 0 Å². The predicted octanol–water partition coefficient (Wildman–Crippen LogP) is 4.01. The molecule has 3 aromatic carbocycles. The Kier molecular flexibility index (Phi) is 3.59. The van der Waals surface area contributed by atoms with Gasteiger partial charge in [-0.1, -0.05) is 0 Å². The topological polar surface area (TPSA) is 124 Å². The van der Waals surface area contributed by atoms with Crippen LogP contribution in [-0.2, 0) is 0 Å². The molecule has 2 aliphatic carbocycles. The van der Waals surface area contributed by atoms with Crippen LogP contribution in [0.2, 0.25) is 0 Å². The molecule has 7 rings (SSSR count). The Bertz CT molecular complexity index is 1820. The number of benzene rings is 3. The third-order valence-corrected chi connectivity index (χ3v) is 6.52. The molecule has 0 bridgehead atoms. The van der Waals surface area contributed by atoms with Crippen LogP contribution in [0.1, 0.15) is 28.3 Å². The van der Waals surface area contributed by atoms with Gasteiger partial charge in [-0.2, -0.15) is 15.5 Å². The molecule has 0 aliphatic heterocycles. The summed E-state index contributed by atoms with van der Waals surface area (Å²) >= 11 is 0. The molecular formula is C26H12N8. The monoisotopic (exact) mass is 436 g/mol. The fourth-order valence-corrected chi connectivity index (χ4v) is 5.14. The Hall–Kier alpha value is -5.21. The Morgan fingerprint density at radius 2 is 1.12 bits per heavy atom. The van der Waals surface area contributed by atoms with Crippen LogP contribution in [0.4, 0.5) is 0 Å². The first kappa shape index (κ1) is 18.4. The van der Waals surface area contributed by atoms with E-state index >= 15 is 0 Å². The zero-order chi connectivity index (χ0) is 22.8. The second-order valence-corrected chi connectivity index (χ2v) is 8.16. The first-order chi connectivity index (χ1) is 16.8. The summed E-state index contributed by atoms with van der Waals surface area (Å²) in [6, 6.07) is 11.7. The Morgan fingerprint density at radius 1 is 0.618 bits per heavy atom. The second kappa shape index (κ2) is 6.64. The summed E-state index contributed by atoms with van der Waals surface area (Å²) in [7, 11) is 0. The average molecular weight is 436 g/mol. The molecule has 2 aromatic heterocycles. The molecule has 2 heterocycles. The molecule has 5 aromatic rings. The van der Waals surface area contributed by atoms with Crippen molar-refractivity contribution in [3.05, 3.63) is 83.4 Å². The van der Waals surface area contributed by atoms with Crippen molar-refractivity contribution in [2.45, 2.75) is 6.04 Å². The third kappa shape index (κ3) is 2.37. The molecule has 0 saturated carbocycles. The van der Waals surface area contributed by atoms with E-state index in [9.17, 15) is 10.5 Å². The van der Waals surface area contributed by atoms with Gasteiger partial charge in [-0.15, -0.1) is 0 Å². The van der Waals surface area contributed by atoms with Crippen molar-refractivity contribution >= 4 is 27.8 Å². The Morgan fingerprint density at radius 3 is 1.76 bits per heavy atom.